The van der Waals surface area contributed by atoms with Gasteiger partial charge in [-0.2, -0.15) is 0 Å². The Bertz CT molecular complexity index is 604. The lowest BCUT2D eigenvalue weighted by Gasteiger charge is -2.22. The molecule has 3 nitrogen and oxygen atoms in total. The first-order chi connectivity index (χ1) is 9.75. The molecule has 3 heteroatoms. The monoisotopic (exact) mass is 269 g/mol. The number of benzene rings is 1. The van der Waals surface area contributed by atoms with E-state index in [-0.39, 0.29) is 0 Å². The first kappa shape index (κ1) is 13.4. The van der Waals surface area contributed by atoms with Gasteiger partial charge in [-0.15, -0.1) is 0 Å². The van der Waals surface area contributed by atoms with E-state index in [4.69, 9.17) is 4.98 Å². The van der Waals surface area contributed by atoms with Crippen LogP contribution in [-0.4, -0.2) is 37.1 Å². The van der Waals surface area contributed by atoms with E-state index in [1.54, 1.807) is 0 Å². The van der Waals surface area contributed by atoms with Crippen LogP contribution in [0.1, 0.15) is 24.1 Å². The summed E-state index contributed by atoms with van der Waals surface area (Å²) < 4.78 is 0. The summed E-state index contributed by atoms with van der Waals surface area (Å²) in [5.41, 5.74) is 5.21. The van der Waals surface area contributed by atoms with Crippen LogP contribution in [0.15, 0.2) is 24.3 Å². The second kappa shape index (κ2) is 5.80. The lowest BCUT2D eigenvalue weighted by atomic mass is 9.92. The van der Waals surface area contributed by atoms with Gasteiger partial charge in [0.25, 0.3) is 0 Å². The predicted octanol–water partition coefficient (Wildman–Crippen LogP) is 3.09. The van der Waals surface area contributed by atoms with Crippen molar-refractivity contribution in [3.05, 3.63) is 35.5 Å². The lowest BCUT2D eigenvalue weighted by Crippen LogP contribution is -2.22. The molecule has 0 bridgehead atoms. The van der Waals surface area contributed by atoms with Gasteiger partial charge in [-0.3, -0.25) is 4.98 Å². The van der Waals surface area contributed by atoms with Crippen LogP contribution in [0.25, 0.3) is 10.9 Å². The minimum atomic E-state index is 0.980. The van der Waals surface area contributed by atoms with Gasteiger partial charge in [0.05, 0.1) is 5.52 Å². The van der Waals surface area contributed by atoms with E-state index in [9.17, 15) is 0 Å². The fraction of sp³-hybridized carbons (Fsp3) is 0.471. The summed E-state index contributed by atoms with van der Waals surface area (Å²) >= 11 is 0. The van der Waals surface area contributed by atoms with Gasteiger partial charge in [0, 0.05) is 29.9 Å². The van der Waals surface area contributed by atoms with Gasteiger partial charge >= 0.3 is 0 Å². The number of fused-ring (bicyclic) bond motifs is 2. The van der Waals surface area contributed by atoms with E-state index >= 15 is 0 Å². The topological polar surface area (TPSA) is 28.2 Å². The number of aryl methyl sites for hydroxylation is 1. The number of aromatic nitrogens is 1. The average molecular weight is 269 g/mol. The molecule has 1 aromatic heterocycles. The molecule has 1 heterocycles. The molecule has 0 saturated heterocycles. The van der Waals surface area contributed by atoms with Crippen molar-refractivity contribution in [1.82, 2.24) is 9.88 Å². The second-order valence-electron chi connectivity index (χ2n) is 5.87. The molecule has 0 fully saturated rings. The smallest absolute Gasteiger partial charge is 0.0726 e. The number of para-hydroxylation sites is 1. The van der Waals surface area contributed by atoms with Crippen molar-refractivity contribution in [1.29, 1.82) is 0 Å². The Labute approximate surface area is 121 Å². The first-order valence-corrected chi connectivity index (χ1v) is 7.55. The normalized spacial score (nSPS) is 14.6. The number of anilines is 1. The van der Waals surface area contributed by atoms with Gasteiger partial charge in [0.1, 0.15) is 0 Å². The van der Waals surface area contributed by atoms with Crippen LogP contribution in [0, 0.1) is 0 Å². The maximum Gasteiger partial charge on any atom is 0.0726 e. The van der Waals surface area contributed by atoms with E-state index in [1.807, 2.05) is 0 Å². The highest BCUT2D eigenvalue weighted by Gasteiger charge is 2.17. The first-order valence-electron chi connectivity index (χ1n) is 7.55. The molecule has 1 N–H and O–H groups in total. The van der Waals surface area contributed by atoms with E-state index in [0.717, 1.165) is 31.4 Å². The predicted molar refractivity (Wildman–Crippen MR) is 85.4 cm³/mol. The van der Waals surface area contributed by atoms with Gasteiger partial charge in [0.2, 0.25) is 0 Å². The molecule has 2 aromatic rings. The zero-order chi connectivity index (χ0) is 13.9. The van der Waals surface area contributed by atoms with Gasteiger partial charge < -0.3 is 10.2 Å². The molecule has 20 heavy (non-hydrogen) atoms. The van der Waals surface area contributed by atoms with Crippen molar-refractivity contribution in [3.63, 3.8) is 0 Å². The zero-order valence-corrected chi connectivity index (χ0v) is 12.4. The summed E-state index contributed by atoms with van der Waals surface area (Å²) in [6.45, 7) is 2.03. The highest BCUT2D eigenvalue weighted by atomic mass is 15.1. The van der Waals surface area contributed by atoms with Crippen LogP contribution in [-0.2, 0) is 12.8 Å². The third-order valence-electron chi connectivity index (χ3n) is 4.03. The molecule has 0 aliphatic heterocycles. The fourth-order valence-electron chi connectivity index (χ4n) is 2.98. The molecule has 106 valence electrons. The largest absolute Gasteiger partial charge is 0.383 e. The van der Waals surface area contributed by atoms with Crippen LogP contribution < -0.4 is 5.32 Å². The number of nitrogens with one attached hydrogen (secondary N) is 1. The Kier molecular flexibility index (Phi) is 3.88. The minimum absolute atomic E-state index is 0.980. The van der Waals surface area contributed by atoms with Crippen LogP contribution in [0.2, 0.25) is 0 Å². The summed E-state index contributed by atoms with van der Waals surface area (Å²) in [7, 11) is 4.23. The average Bonchev–Trinajstić information content (AvgIpc) is 2.46. The Morgan fingerprint density at radius 2 is 1.95 bits per heavy atom. The molecule has 0 saturated carbocycles. The summed E-state index contributed by atoms with van der Waals surface area (Å²) in [4.78, 5) is 7.08. The molecule has 0 radical (unpaired) electrons. The molecule has 3 rings (SSSR count). The van der Waals surface area contributed by atoms with E-state index in [2.05, 4.69) is 48.6 Å². The van der Waals surface area contributed by atoms with Crippen LogP contribution in [0.3, 0.4) is 0 Å². The Morgan fingerprint density at radius 3 is 2.80 bits per heavy atom. The number of rotatable bonds is 4. The van der Waals surface area contributed by atoms with Crippen molar-refractivity contribution >= 4 is 16.6 Å². The summed E-state index contributed by atoms with van der Waals surface area (Å²) in [5.74, 6) is 0. The highest BCUT2D eigenvalue weighted by molar-refractivity contribution is 5.93. The Morgan fingerprint density at radius 1 is 1.15 bits per heavy atom. The summed E-state index contributed by atoms with van der Waals surface area (Å²) in [6.07, 6.45) is 4.85. The van der Waals surface area contributed by atoms with Crippen LogP contribution >= 0.6 is 0 Å². The van der Waals surface area contributed by atoms with Crippen molar-refractivity contribution in [3.8, 4) is 0 Å². The number of hydrogen-bond acceptors (Lipinski definition) is 3. The molecular weight excluding hydrogens is 246 g/mol. The number of nitrogens with zero attached hydrogens (tertiary/aromatic N) is 2. The maximum atomic E-state index is 4.87. The molecule has 1 aliphatic carbocycles. The minimum Gasteiger partial charge on any atom is -0.383 e. The number of likely N-dealkylation sites (N-methyl/N-ethyl adjacent to an activating group) is 1. The van der Waals surface area contributed by atoms with Crippen molar-refractivity contribution in [2.24, 2.45) is 0 Å². The van der Waals surface area contributed by atoms with E-state index in [0.29, 0.717) is 0 Å². The van der Waals surface area contributed by atoms with Crippen LogP contribution in [0.4, 0.5) is 5.69 Å². The van der Waals surface area contributed by atoms with Gasteiger partial charge in [-0.1, -0.05) is 18.2 Å². The fourth-order valence-corrected chi connectivity index (χ4v) is 2.98. The highest BCUT2D eigenvalue weighted by Crippen LogP contribution is 2.32. The molecular formula is C17H23N3. The lowest BCUT2D eigenvalue weighted by molar-refractivity contribution is 0.425. The zero-order valence-electron chi connectivity index (χ0n) is 12.4. The second-order valence-corrected chi connectivity index (χ2v) is 5.87. The quantitative estimate of drug-likeness (QED) is 0.924. The Hall–Kier alpha value is -1.61. The molecule has 1 aliphatic rings. The maximum absolute atomic E-state index is 4.87. The third-order valence-corrected chi connectivity index (χ3v) is 4.03. The standard InChI is InChI=1S/C17H23N3/c1-20(2)12-11-18-17-13-7-3-5-9-15(13)19-16-10-6-4-8-14(16)17/h3,5,7,9H,4,6,8,10-12H2,1-2H3,(H,18,19). The van der Waals surface area contributed by atoms with Crippen molar-refractivity contribution in [2.45, 2.75) is 25.7 Å². The molecule has 0 atom stereocenters. The van der Waals surface area contributed by atoms with Gasteiger partial charge in [-0.25, -0.2) is 0 Å². The van der Waals surface area contributed by atoms with Crippen LogP contribution in [0.5, 0.6) is 0 Å². The SMILES string of the molecule is CN(C)CCNc1c2c(nc3ccccc13)CCCC2. The van der Waals surface area contributed by atoms with E-state index < -0.39 is 0 Å². The third kappa shape index (κ3) is 2.63. The van der Waals surface area contributed by atoms with Crippen molar-refractivity contribution < 1.29 is 0 Å². The van der Waals surface area contributed by atoms with Crippen molar-refractivity contribution in [2.75, 3.05) is 32.5 Å². The van der Waals surface area contributed by atoms with Gasteiger partial charge in [-0.05, 0) is 51.4 Å². The molecule has 1 aromatic carbocycles. The Balaban J connectivity index is 2.01. The van der Waals surface area contributed by atoms with E-state index in [1.165, 1.54) is 35.2 Å². The summed E-state index contributed by atoms with van der Waals surface area (Å²) in [6, 6.07) is 8.50. The summed E-state index contributed by atoms with van der Waals surface area (Å²) in [5, 5.41) is 4.94. The number of hydrogen-bond donors (Lipinski definition) is 1. The van der Waals surface area contributed by atoms with Gasteiger partial charge in [0.15, 0.2) is 0 Å². The number of pyridine rings is 1. The molecule has 0 unspecified atom stereocenters. The molecule has 0 spiro atoms. The molecule has 0 amide bonds.